The maximum Gasteiger partial charge on any atom is 0.300 e. The van der Waals surface area contributed by atoms with Gasteiger partial charge in [-0.15, -0.1) is 0 Å². The van der Waals surface area contributed by atoms with E-state index in [1.807, 2.05) is 0 Å². The van der Waals surface area contributed by atoms with Crippen LogP contribution in [0.15, 0.2) is 11.1 Å². The van der Waals surface area contributed by atoms with Gasteiger partial charge >= 0.3 is 6.01 Å². The molecule has 0 aliphatic carbocycles. The zero-order valence-corrected chi connectivity index (χ0v) is 13.0. The number of aromatic nitrogens is 4. The van der Waals surface area contributed by atoms with Crippen molar-refractivity contribution < 1.29 is 29.9 Å². The van der Waals surface area contributed by atoms with Crippen LogP contribution in [0.3, 0.4) is 0 Å². The first kappa shape index (κ1) is 16.8. The van der Waals surface area contributed by atoms with Gasteiger partial charge in [-0.3, -0.25) is 13.9 Å². The summed E-state index contributed by atoms with van der Waals surface area (Å²) < 4.78 is 12.9. The van der Waals surface area contributed by atoms with Crippen LogP contribution in [0.1, 0.15) is 6.23 Å². The molecule has 2 aromatic rings. The lowest BCUT2D eigenvalue weighted by Gasteiger charge is -2.40. The van der Waals surface area contributed by atoms with Gasteiger partial charge < -0.3 is 29.9 Å². The monoisotopic (exact) mass is 342 g/mol. The van der Waals surface area contributed by atoms with E-state index in [0.29, 0.717) is 0 Å². The van der Waals surface area contributed by atoms with E-state index in [9.17, 15) is 25.2 Å². The predicted octanol–water partition coefficient (Wildman–Crippen LogP) is -2.89. The van der Waals surface area contributed by atoms with Gasteiger partial charge in [0.05, 0.1) is 20.0 Å². The van der Waals surface area contributed by atoms with Crippen molar-refractivity contribution in [2.24, 2.45) is 7.05 Å². The number of methoxy groups -OCH3 is 1. The summed E-state index contributed by atoms with van der Waals surface area (Å²) in [6, 6.07) is 0.0267. The van der Waals surface area contributed by atoms with Gasteiger partial charge in [0.1, 0.15) is 24.4 Å². The molecule has 11 nitrogen and oxygen atoms in total. The summed E-state index contributed by atoms with van der Waals surface area (Å²) in [4.78, 5) is 20.4. The Labute approximate surface area is 135 Å². The molecule has 0 spiro atoms. The second kappa shape index (κ2) is 6.11. The van der Waals surface area contributed by atoms with Crippen molar-refractivity contribution in [2.75, 3.05) is 13.7 Å². The van der Waals surface area contributed by atoms with Gasteiger partial charge in [0.15, 0.2) is 17.4 Å². The fraction of sp³-hybridized carbons (Fsp3) is 0.615. The third-order valence-electron chi connectivity index (χ3n) is 4.09. The first-order valence-corrected chi connectivity index (χ1v) is 7.18. The Morgan fingerprint density at radius 1 is 1.29 bits per heavy atom. The van der Waals surface area contributed by atoms with Crippen molar-refractivity contribution in [1.82, 2.24) is 19.1 Å². The number of aliphatic hydroxyl groups is 4. The molecule has 132 valence electrons. The van der Waals surface area contributed by atoms with Gasteiger partial charge in [0, 0.05) is 7.05 Å². The molecule has 11 heteroatoms. The quantitative estimate of drug-likeness (QED) is 0.460. The molecular formula is C13H18N4O7. The molecule has 0 bridgehead atoms. The average Bonchev–Trinajstić information content (AvgIpc) is 3.00. The number of hydrogen-bond donors (Lipinski definition) is 4. The molecule has 0 saturated carbocycles. The molecule has 0 unspecified atom stereocenters. The van der Waals surface area contributed by atoms with E-state index < -0.39 is 42.8 Å². The highest BCUT2D eigenvalue weighted by Gasteiger charge is 2.44. The zero-order chi connectivity index (χ0) is 17.6. The molecule has 3 rings (SSSR count). The highest BCUT2D eigenvalue weighted by Crippen LogP contribution is 2.30. The molecular weight excluding hydrogens is 324 g/mol. The number of ether oxygens (including phenoxy) is 2. The molecule has 1 fully saturated rings. The van der Waals surface area contributed by atoms with Crippen LogP contribution in [-0.2, 0) is 11.8 Å². The lowest BCUT2D eigenvalue weighted by molar-refractivity contribution is -0.250. The third-order valence-corrected chi connectivity index (χ3v) is 4.09. The van der Waals surface area contributed by atoms with E-state index in [1.165, 1.54) is 29.6 Å². The number of nitrogens with zero attached hydrogens (tertiary/aromatic N) is 4. The van der Waals surface area contributed by atoms with Crippen molar-refractivity contribution in [3.05, 3.63) is 16.7 Å². The smallest absolute Gasteiger partial charge is 0.300 e. The first-order chi connectivity index (χ1) is 11.4. The van der Waals surface area contributed by atoms with Crippen LogP contribution in [0, 0.1) is 0 Å². The van der Waals surface area contributed by atoms with Crippen LogP contribution >= 0.6 is 0 Å². The molecule has 0 amide bonds. The normalized spacial score (nSPS) is 30.7. The molecule has 1 saturated heterocycles. The Bertz CT molecular complexity index is 801. The van der Waals surface area contributed by atoms with Gasteiger partial charge in [0.25, 0.3) is 5.56 Å². The summed E-state index contributed by atoms with van der Waals surface area (Å²) >= 11 is 0. The van der Waals surface area contributed by atoms with Gasteiger partial charge in [-0.25, -0.2) is 4.98 Å². The molecule has 5 atom stereocenters. The first-order valence-electron chi connectivity index (χ1n) is 7.18. The van der Waals surface area contributed by atoms with Crippen molar-refractivity contribution in [3.8, 4) is 6.01 Å². The Hall–Kier alpha value is -2.05. The molecule has 0 aromatic carbocycles. The summed E-state index contributed by atoms with van der Waals surface area (Å²) in [6.07, 6.45) is -5.60. The van der Waals surface area contributed by atoms with E-state index in [0.717, 1.165) is 0 Å². The van der Waals surface area contributed by atoms with Crippen molar-refractivity contribution in [3.63, 3.8) is 0 Å². The molecule has 0 radical (unpaired) electrons. The molecule has 24 heavy (non-hydrogen) atoms. The van der Waals surface area contributed by atoms with Crippen LogP contribution < -0.4 is 10.3 Å². The fourth-order valence-electron chi connectivity index (χ4n) is 2.71. The third kappa shape index (κ3) is 2.37. The minimum Gasteiger partial charge on any atom is -0.468 e. The van der Waals surface area contributed by atoms with Gasteiger partial charge in [0.2, 0.25) is 0 Å². The van der Waals surface area contributed by atoms with Crippen LogP contribution in [-0.4, -0.2) is 77.7 Å². The van der Waals surface area contributed by atoms with Gasteiger partial charge in [-0.1, -0.05) is 0 Å². The zero-order valence-electron chi connectivity index (χ0n) is 13.0. The Kier molecular flexibility index (Phi) is 4.27. The van der Waals surface area contributed by atoms with E-state index in [1.54, 1.807) is 0 Å². The van der Waals surface area contributed by atoms with E-state index in [-0.39, 0.29) is 17.2 Å². The van der Waals surface area contributed by atoms with E-state index >= 15 is 0 Å². The second-order valence-electron chi connectivity index (χ2n) is 5.51. The summed E-state index contributed by atoms with van der Waals surface area (Å²) in [5.41, 5.74) is -0.352. The standard InChI is InChI=1S/C13H18N4O7/c1-16-11(22)6-10(15-13(16)23-2)17(4-14-6)12-9(21)8(20)7(19)5(3-18)24-12/h4-5,7-9,12,18-21H,3H2,1-2H3/t5-,7-,8+,9-,12-/m1/s1. The largest absolute Gasteiger partial charge is 0.468 e. The number of rotatable bonds is 3. The molecule has 2 aromatic heterocycles. The van der Waals surface area contributed by atoms with Crippen molar-refractivity contribution in [2.45, 2.75) is 30.6 Å². The SMILES string of the molecule is COc1nc2c(ncn2[C@@H]2O[C@H](CO)[C@@H](O)[C@H](O)[C@H]2O)c(=O)n1C. The van der Waals surface area contributed by atoms with Crippen LogP contribution in [0.25, 0.3) is 11.2 Å². The van der Waals surface area contributed by atoms with E-state index in [2.05, 4.69) is 9.97 Å². The molecule has 1 aliphatic heterocycles. The lowest BCUT2D eigenvalue weighted by Crippen LogP contribution is -2.56. The minimum atomic E-state index is -1.55. The number of aliphatic hydroxyl groups excluding tert-OH is 4. The highest BCUT2D eigenvalue weighted by molar-refractivity contribution is 5.70. The predicted molar refractivity (Wildman–Crippen MR) is 78.3 cm³/mol. The average molecular weight is 342 g/mol. The Morgan fingerprint density at radius 3 is 2.62 bits per heavy atom. The molecule has 1 aliphatic rings. The van der Waals surface area contributed by atoms with Crippen LogP contribution in [0.5, 0.6) is 6.01 Å². The van der Waals surface area contributed by atoms with Crippen LogP contribution in [0.4, 0.5) is 0 Å². The Morgan fingerprint density at radius 2 is 2.00 bits per heavy atom. The topological polar surface area (TPSA) is 152 Å². The fourth-order valence-corrected chi connectivity index (χ4v) is 2.71. The second-order valence-corrected chi connectivity index (χ2v) is 5.51. The summed E-state index contributed by atoms with van der Waals surface area (Å²) in [6.45, 7) is -0.563. The van der Waals surface area contributed by atoms with Crippen molar-refractivity contribution in [1.29, 1.82) is 0 Å². The lowest BCUT2D eigenvalue weighted by atomic mass is 9.98. The minimum absolute atomic E-state index is 0.0234. The van der Waals surface area contributed by atoms with Crippen molar-refractivity contribution >= 4 is 11.2 Å². The summed E-state index contributed by atoms with van der Waals surface area (Å²) in [5.74, 6) is 0. The summed E-state index contributed by atoms with van der Waals surface area (Å²) in [5, 5.41) is 39.2. The maximum atomic E-state index is 12.3. The Balaban J connectivity index is 2.12. The van der Waals surface area contributed by atoms with Gasteiger partial charge in [-0.2, -0.15) is 4.98 Å². The summed E-state index contributed by atoms with van der Waals surface area (Å²) in [7, 11) is 2.82. The maximum absolute atomic E-state index is 12.3. The highest BCUT2D eigenvalue weighted by atomic mass is 16.6. The molecule has 3 heterocycles. The van der Waals surface area contributed by atoms with Crippen LogP contribution in [0.2, 0.25) is 0 Å². The molecule has 4 N–H and O–H groups in total. The van der Waals surface area contributed by atoms with Gasteiger partial charge in [-0.05, 0) is 0 Å². The van der Waals surface area contributed by atoms with E-state index in [4.69, 9.17) is 9.47 Å². The number of imidazole rings is 1. The number of hydrogen-bond acceptors (Lipinski definition) is 9. The number of fused-ring (bicyclic) bond motifs is 1.